The predicted molar refractivity (Wildman–Crippen MR) is 84.2 cm³/mol. The molecule has 0 fully saturated rings. The Morgan fingerprint density at radius 2 is 1.90 bits per heavy atom. The molecular formula is C15H17NO2S2. The summed E-state index contributed by atoms with van der Waals surface area (Å²) in [6.45, 7) is 2.69. The summed E-state index contributed by atoms with van der Waals surface area (Å²) in [6, 6.07) is 13.2. The molecule has 0 unspecified atom stereocenters. The highest BCUT2D eigenvalue weighted by Gasteiger charge is 2.22. The quantitative estimate of drug-likeness (QED) is 0.819. The molecule has 3 nitrogen and oxygen atoms in total. The number of likely N-dealkylation sites (N-methyl/N-ethyl adjacent to an activating group) is 1. The van der Waals surface area contributed by atoms with E-state index in [0.717, 1.165) is 5.56 Å². The summed E-state index contributed by atoms with van der Waals surface area (Å²) >= 11 is 1.25. The van der Waals surface area contributed by atoms with Crippen LogP contribution in [-0.4, -0.2) is 25.8 Å². The minimum absolute atomic E-state index is 0.381. The fourth-order valence-corrected chi connectivity index (χ4v) is 4.35. The van der Waals surface area contributed by atoms with Gasteiger partial charge in [0.15, 0.2) is 0 Å². The number of nitrogens with zero attached hydrogens (tertiary/aromatic N) is 1. The standard InChI is InChI=1S/C15H17NO2S2/c1-2-16(20(17,18)15-11-7-13-19-15)12-6-10-14-8-4-3-5-9-14/h3-11,13H,2,12H2,1H3/b10-6+. The van der Waals surface area contributed by atoms with Gasteiger partial charge in [-0.2, -0.15) is 4.31 Å². The van der Waals surface area contributed by atoms with Gasteiger partial charge in [0.2, 0.25) is 0 Å². The second-order valence-electron chi connectivity index (χ2n) is 4.20. The first kappa shape index (κ1) is 15.0. The molecule has 1 heterocycles. The Kier molecular flexibility index (Phi) is 5.11. The van der Waals surface area contributed by atoms with Crippen LogP contribution in [0.2, 0.25) is 0 Å². The third-order valence-electron chi connectivity index (χ3n) is 2.86. The zero-order chi connectivity index (χ0) is 14.4. The fourth-order valence-electron chi connectivity index (χ4n) is 1.81. The number of hydrogen-bond acceptors (Lipinski definition) is 3. The minimum Gasteiger partial charge on any atom is -0.206 e. The molecule has 1 aromatic carbocycles. The first-order chi connectivity index (χ1) is 9.64. The zero-order valence-corrected chi connectivity index (χ0v) is 12.9. The summed E-state index contributed by atoms with van der Waals surface area (Å²) in [5, 5.41) is 1.78. The van der Waals surface area contributed by atoms with Crippen LogP contribution in [0.5, 0.6) is 0 Å². The Balaban J connectivity index is 2.09. The number of thiophene rings is 1. The molecule has 0 saturated heterocycles. The molecule has 0 saturated carbocycles. The normalized spacial score (nSPS) is 12.3. The second kappa shape index (κ2) is 6.83. The second-order valence-corrected chi connectivity index (χ2v) is 7.31. The summed E-state index contributed by atoms with van der Waals surface area (Å²) in [5.74, 6) is 0. The molecule has 0 N–H and O–H groups in total. The van der Waals surface area contributed by atoms with Gasteiger partial charge in [-0.15, -0.1) is 11.3 Å². The lowest BCUT2D eigenvalue weighted by Gasteiger charge is -2.17. The van der Waals surface area contributed by atoms with Crippen molar-refractivity contribution < 1.29 is 8.42 Å². The monoisotopic (exact) mass is 307 g/mol. The molecule has 0 atom stereocenters. The van der Waals surface area contributed by atoms with E-state index in [0.29, 0.717) is 17.3 Å². The lowest BCUT2D eigenvalue weighted by Crippen LogP contribution is -2.30. The van der Waals surface area contributed by atoms with Crippen LogP contribution in [0.1, 0.15) is 12.5 Å². The predicted octanol–water partition coefficient (Wildman–Crippen LogP) is 3.47. The van der Waals surface area contributed by atoms with Gasteiger partial charge in [0.05, 0.1) is 0 Å². The number of rotatable bonds is 6. The van der Waals surface area contributed by atoms with Crippen molar-refractivity contribution in [1.82, 2.24) is 4.31 Å². The van der Waals surface area contributed by atoms with Crippen molar-refractivity contribution in [3.05, 3.63) is 59.5 Å². The first-order valence-electron chi connectivity index (χ1n) is 6.40. The number of sulfonamides is 1. The summed E-state index contributed by atoms with van der Waals surface area (Å²) in [7, 11) is -3.36. The number of benzene rings is 1. The maximum Gasteiger partial charge on any atom is 0.252 e. The topological polar surface area (TPSA) is 37.4 Å². The Morgan fingerprint density at radius 1 is 1.15 bits per heavy atom. The van der Waals surface area contributed by atoms with Crippen LogP contribution in [0, 0.1) is 0 Å². The van der Waals surface area contributed by atoms with Crippen LogP contribution in [0.15, 0.2) is 58.1 Å². The van der Waals surface area contributed by atoms with Crippen LogP contribution in [0.4, 0.5) is 0 Å². The SMILES string of the molecule is CCN(C/C=C/c1ccccc1)S(=O)(=O)c1cccs1. The van der Waals surface area contributed by atoms with Gasteiger partial charge >= 0.3 is 0 Å². The highest BCUT2D eigenvalue weighted by Crippen LogP contribution is 2.20. The molecule has 0 aliphatic heterocycles. The van der Waals surface area contributed by atoms with Crippen molar-refractivity contribution in [3.63, 3.8) is 0 Å². The molecule has 0 aliphatic rings. The molecule has 0 radical (unpaired) electrons. The molecule has 5 heteroatoms. The molecular weight excluding hydrogens is 290 g/mol. The third kappa shape index (κ3) is 3.56. The Morgan fingerprint density at radius 3 is 2.50 bits per heavy atom. The Hall–Kier alpha value is -1.43. The lowest BCUT2D eigenvalue weighted by molar-refractivity contribution is 0.462. The van der Waals surface area contributed by atoms with Crippen molar-refractivity contribution >= 4 is 27.4 Å². The summed E-state index contributed by atoms with van der Waals surface area (Å²) in [4.78, 5) is 0. The molecule has 2 rings (SSSR count). The Labute approximate surface area is 124 Å². The Bertz CT molecular complexity index is 646. The van der Waals surface area contributed by atoms with Crippen LogP contribution >= 0.6 is 11.3 Å². The van der Waals surface area contributed by atoms with Crippen molar-refractivity contribution in [3.8, 4) is 0 Å². The lowest BCUT2D eigenvalue weighted by atomic mass is 10.2. The van der Waals surface area contributed by atoms with Gasteiger partial charge in [-0.05, 0) is 17.0 Å². The van der Waals surface area contributed by atoms with Gasteiger partial charge in [-0.3, -0.25) is 0 Å². The van der Waals surface area contributed by atoms with Crippen LogP contribution in [0.25, 0.3) is 6.08 Å². The van der Waals surface area contributed by atoms with Gasteiger partial charge < -0.3 is 0 Å². The van der Waals surface area contributed by atoms with E-state index >= 15 is 0 Å². The third-order valence-corrected chi connectivity index (χ3v) is 6.17. The van der Waals surface area contributed by atoms with Gasteiger partial charge in [0, 0.05) is 13.1 Å². The molecule has 0 aliphatic carbocycles. The highest BCUT2D eigenvalue weighted by molar-refractivity contribution is 7.91. The van der Waals surface area contributed by atoms with E-state index in [4.69, 9.17) is 0 Å². The largest absolute Gasteiger partial charge is 0.252 e. The van der Waals surface area contributed by atoms with E-state index in [9.17, 15) is 8.42 Å². The van der Waals surface area contributed by atoms with Gasteiger partial charge in [-0.25, -0.2) is 8.42 Å². The highest BCUT2D eigenvalue weighted by atomic mass is 32.2. The number of hydrogen-bond donors (Lipinski definition) is 0. The van der Waals surface area contributed by atoms with E-state index in [-0.39, 0.29) is 0 Å². The van der Waals surface area contributed by atoms with Crippen LogP contribution < -0.4 is 0 Å². The van der Waals surface area contributed by atoms with Gasteiger partial charge in [-0.1, -0.05) is 55.5 Å². The molecule has 0 amide bonds. The van der Waals surface area contributed by atoms with E-state index in [2.05, 4.69) is 0 Å². The minimum atomic E-state index is -3.36. The zero-order valence-electron chi connectivity index (χ0n) is 11.3. The van der Waals surface area contributed by atoms with E-state index in [1.165, 1.54) is 15.6 Å². The van der Waals surface area contributed by atoms with Crippen molar-refractivity contribution in [2.24, 2.45) is 0 Å². The van der Waals surface area contributed by atoms with Gasteiger partial charge in [0.1, 0.15) is 4.21 Å². The average Bonchev–Trinajstić information content (AvgIpc) is 2.99. The maximum absolute atomic E-state index is 12.4. The average molecular weight is 307 g/mol. The molecule has 0 bridgehead atoms. The van der Waals surface area contributed by atoms with Crippen molar-refractivity contribution in [2.75, 3.05) is 13.1 Å². The van der Waals surface area contributed by atoms with E-state index in [1.54, 1.807) is 17.5 Å². The van der Waals surface area contributed by atoms with Gasteiger partial charge in [0.25, 0.3) is 10.0 Å². The summed E-state index contributed by atoms with van der Waals surface area (Å²) < 4.78 is 26.6. The van der Waals surface area contributed by atoms with Crippen LogP contribution in [-0.2, 0) is 10.0 Å². The van der Waals surface area contributed by atoms with E-state index in [1.807, 2.05) is 49.4 Å². The summed E-state index contributed by atoms with van der Waals surface area (Å²) in [5.41, 5.74) is 1.07. The van der Waals surface area contributed by atoms with Crippen molar-refractivity contribution in [1.29, 1.82) is 0 Å². The maximum atomic E-state index is 12.4. The van der Waals surface area contributed by atoms with E-state index < -0.39 is 10.0 Å². The molecule has 2 aromatic rings. The molecule has 0 spiro atoms. The molecule has 20 heavy (non-hydrogen) atoms. The smallest absolute Gasteiger partial charge is 0.206 e. The summed E-state index contributed by atoms with van der Waals surface area (Å²) in [6.07, 6.45) is 3.82. The molecule has 1 aromatic heterocycles. The molecule has 106 valence electrons. The van der Waals surface area contributed by atoms with Crippen LogP contribution in [0.3, 0.4) is 0 Å². The van der Waals surface area contributed by atoms with Crippen molar-refractivity contribution in [2.45, 2.75) is 11.1 Å². The first-order valence-corrected chi connectivity index (χ1v) is 8.72. The fraction of sp³-hybridized carbons (Fsp3) is 0.200.